The van der Waals surface area contributed by atoms with E-state index in [1.54, 1.807) is 17.0 Å². The number of oxime groups is 1. The second kappa shape index (κ2) is 5.57. The van der Waals surface area contributed by atoms with Gasteiger partial charge in [0.2, 0.25) is 0 Å². The van der Waals surface area contributed by atoms with E-state index in [-0.39, 0.29) is 23.2 Å². The molecule has 0 unspecified atom stereocenters. The van der Waals surface area contributed by atoms with Crippen LogP contribution in [0.25, 0.3) is 0 Å². The van der Waals surface area contributed by atoms with E-state index in [9.17, 15) is 9.59 Å². The van der Waals surface area contributed by atoms with E-state index in [4.69, 9.17) is 21.5 Å². The van der Waals surface area contributed by atoms with E-state index in [2.05, 4.69) is 10.1 Å². The summed E-state index contributed by atoms with van der Waals surface area (Å²) < 4.78 is 0. The molecule has 1 fully saturated rings. The zero-order valence-corrected chi connectivity index (χ0v) is 12.4. The second-order valence-electron chi connectivity index (χ2n) is 5.43. The number of carbonyl (C=O) groups excluding carboxylic acids is 1. The molecule has 116 valence electrons. The maximum Gasteiger partial charge on any atom is 0.353 e. The smallest absolute Gasteiger partial charge is 0.353 e. The summed E-state index contributed by atoms with van der Waals surface area (Å²) in [5.41, 5.74) is -0.187. The van der Waals surface area contributed by atoms with Crippen molar-refractivity contribution >= 4 is 29.2 Å². The number of likely N-dealkylation sites (tertiary alicyclic amines) is 1. The van der Waals surface area contributed by atoms with Crippen LogP contribution in [0.15, 0.2) is 23.5 Å². The fourth-order valence-corrected chi connectivity index (χ4v) is 2.94. The maximum atomic E-state index is 12.4. The van der Waals surface area contributed by atoms with E-state index in [0.29, 0.717) is 31.5 Å². The number of aliphatic carboxylic acids is 1. The quantitative estimate of drug-likeness (QED) is 0.834. The average Bonchev–Trinajstić information content (AvgIpc) is 2.92. The van der Waals surface area contributed by atoms with Gasteiger partial charge in [0.05, 0.1) is 5.56 Å². The first-order valence-electron chi connectivity index (χ1n) is 6.89. The van der Waals surface area contributed by atoms with Crippen molar-refractivity contribution in [3.8, 4) is 0 Å². The Labute approximate surface area is 131 Å². The molecule has 0 atom stereocenters. The molecule has 0 aliphatic carbocycles. The Bertz CT molecular complexity index is 653. The summed E-state index contributed by atoms with van der Waals surface area (Å²) in [5.74, 6) is -1.23. The SMILES string of the molecule is O=C(O)C1=NOC2(CCN(C(=O)c3cccnc3Cl)CC2)C1. The first kappa shape index (κ1) is 14.8. The molecule has 1 spiro atoms. The van der Waals surface area contributed by atoms with Gasteiger partial charge in [-0.3, -0.25) is 4.79 Å². The summed E-state index contributed by atoms with van der Waals surface area (Å²) in [6.07, 6.45) is 2.88. The monoisotopic (exact) mass is 323 g/mol. The van der Waals surface area contributed by atoms with Gasteiger partial charge in [-0.1, -0.05) is 16.8 Å². The number of rotatable bonds is 2. The Morgan fingerprint density at radius 3 is 2.68 bits per heavy atom. The lowest BCUT2D eigenvalue weighted by molar-refractivity contribution is -0.129. The van der Waals surface area contributed by atoms with Crippen molar-refractivity contribution < 1.29 is 19.5 Å². The standard InChI is InChI=1S/C14H14ClN3O4/c15-11-9(2-1-5-16-11)12(19)18-6-3-14(4-7-18)8-10(13(20)21)17-22-14/h1-2,5H,3-4,6-8H2,(H,20,21). The Morgan fingerprint density at radius 1 is 1.36 bits per heavy atom. The van der Waals surface area contributed by atoms with Gasteiger partial charge in [0.25, 0.3) is 5.91 Å². The number of nitrogens with zero attached hydrogens (tertiary/aromatic N) is 3. The number of halogens is 1. The number of hydrogen-bond donors (Lipinski definition) is 1. The molecule has 1 aromatic heterocycles. The normalized spacial score (nSPS) is 19.7. The van der Waals surface area contributed by atoms with Crippen LogP contribution < -0.4 is 0 Å². The van der Waals surface area contributed by atoms with Crippen LogP contribution >= 0.6 is 11.6 Å². The van der Waals surface area contributed by atoms with Crippen LogP contribution in [0.2, 0.25) is 5.15 Å². The Balaban J connectivity index is 1.65. The van der Waals surface area contributed by atoms with E-state index < -0.39 is 11.6 Å². The molecule has 3 rings (SSSR count). The highest BCUT2D eigenvalue weighted by Gasteiger charge is 2.44. The van der Waals surface area contributed by atoms with Gasteiger partial charge in [0.1, 0.15) is 10.8 Å². The van der Waals surface area contributed by atoms with E-state index in [1.165, 1.54) is 6.20 Å². The minimum absolute atomic E-state index is 0.0371. The van der Waals surface area contributed by atoms with E-state index in [0.717, 1.165) is 0 Å². The highest BCUT2D eigenvalue weighted by molar-refractivity contribution is 6.36. The van der Waals surface area contributed by atoms with Gasteiger partial charge in [0, 0.05) is 38.5 Å². The predicted octanol–water partition coefficient (Wildman–Crippen LogP) is 1.57. The van der Waals surface area contributed by atoms with Crippen molar-refractivity contribution in [1.82, 2.24) is 9.88 Å². The first-order chi connectivity index (χ1) is 10.5. The average molecular weight is 324 g/mol. The molecule has 0 aromatic carbocycles. The molecule has 2 aliphatic heterocycles. The third-order valence-corrected chi connectivity index (χ3v) is 4.34. The van der Waals surface area contributed by atoms with Crippen LogP contribution in [0.3, 0.4) is 0 Å². The van der Waals surface area contributed by atoms with Crippen molar-refractivity contribution in [2.75, 3.05) is 13.1 Å². The summed E-state index contributed by atoms with van der Waals surface area (Å²) >= 11 is 5.95. The maximum absolute atomic E-state index is 12.4. The number of carboxylic acids is 1. The third kappa shape index (κ3) is 2.64. The molecule has 8 heteroatoms. The zero-order chi connectivity index (χ0) is 15.7. The topological polar surface area (TPSA) is 92.1 Å². The molecule has 1 N–H and O–H groups in total. The van der Waals surface area contributed by atoms with Crippen LogP contribution in [0.4, 0.5) is 0 Å². The second-order valence-corrected chi connectivity index (χ2v) is 5.79. The Kier molecular flexibility index (Phi) is 3.74. The lowest BCUT2D eigenvalue weighted by Crippen LogP contribution is -2.47. The van der Waals surface area contributed by atoms with Gasteiger partial charge in [-0.25, -0.2) is 9.78 Å². The Morgan fingerprint density at radius 2 is 2.09 bits per heavy atom. The molecular formula is C14H14ClN3O4. The molecule has 1 aromatic rings. The molecule has 1 amide bonds. The molecule has 3 heterocycles. The van der Waals surface area contributed by atoms with Gasteiger partial charge >= 0.3 is 5.97 Å². The minimum Gasteiger partial charge on any atom is -0.477 e. The molecule has 22 heavy (non-hydrogen) atoms. The van der Waals surface area contributed by atoms with Crippen molar-refractivity contribution in [3.05, 3.63) is 29.0 Å². The molecule has 7 nitrogen and oxygen atoms in total. The van der Waals surface area contributed by atoms with Gasteiger partial charge in [-0.15, -0.1) is 0 Å². The van der Waals surface area contributed by atoms with Crippen LogP contribution in [0.5, 0.6) is 0 Å². The minimum atomic E-state index is -1.06. The third-order valence-electron chi connectivity index (χ3n) is 4.04. The molecule has 0 bridgehead atoms. The van der Waals surface area contributed by atoms with Crippen molar-refractivity contribution in [1.29, 1.82) is 0 Å². The number of amides is 1. The highest BCUT2D eigenvalue weighted by Crippen LogP contribution is 2.35. The van der Waals surface area contributed by atoms with E-state index >= 15 is 0 Å². The van der Waals surface area contributed by atoms with Crippen LogP contribution in [-0.2, 0) is 9.63 Å². The number of carbonyl (C=O) groups is 2. The van der Waals surface area contributed by atoms with E-state index in [1.807, 2.05) is 0 Å². The number of hydrogen-bond acceptors (Lipinski definition) is 5. The summed E-state index contributed by atoms with van der Waals surface area (Å²) in [6.45, 7) is 0.930. The number of aromatic nitrogens is 1. The number of carboxylic acid groups (broad SMARTS) is 1. The van der Waals surface area contributed by atoms with Gasteiger partial charge < -0.3 is 14.8 Å². The Hall–Kier alpha value is -2.15. The highest BCUT2D eigenvalue weighted by atomic mass is 35.5. The lowest BCUT2D eigenvalue weighted by Gasteiger charge is -2.37. The zero-order valence-electron chi connectivity index (χ0n) is 11.7. The molecule has 2 aliphatic rings. The van der Waals surface area contributed by atoms with Gasteiger partial charge in [0.15, 0.2) is 5.71 Å². The molecule has 1 saturated heterocycles. The van der Waals surface area contributed by atoms with Gasteiger partial charge in [-0.2, -0.15) is 0 Å². The van der Waals surface area contributed by atoms with Crippen LogP contribution in [0.1, 0.15) is 29.6 Å². The largest absolute Gasteiger partial charge is 0.477 e. The van der Waals surface area contributed by atoms with Gasteiger partial charge in [-0.05, 0) is 12.1 Å². The van der Waals surface area contributed by atoms with Crippen LogP contribution in [-0.4, -0.2) is 51.3 Å². The van der Waals surface area contributed by atoms with Crippen molar-refractivity contribution in [2.45, 2.75) is 24.9 Å². The molecular weight excluding hydrogens is 310 g/mol. The predicted molar refractivity (Wildman–Crippen MR) is 77.9 cm³/mol. The van der Waals surface area contributed by atoms with Crippen molar-refractivity contribution in [3.63, 3.8) is 0 Å². The summed E-state index contributed by atoms with van der Waals surface area (Å²) in [6, 6.07) is 3.30. The van der Waals surface area contributed by atoms with Crippen molar-refractivity contribution in [2.24, 2.45) is 5.16 Å². The summed E-state index contributed by atoms with van der Waals surface area (Å²) in [7, 11) is 0. The number of piperidine rings is 1. The molecule has 0 saturated carbocycles. The summed E-state index contributed by atoms with van der Waals surface area (Å²) in [5, 5.41) is 12.8. The lowest BCUT2D eigenvalue weighted by atomic mass is 9.86. The van der Waals surface area contributed by atoms with Crippen LogP contribution in [0, 0.1) is 0 Å². The molecule has 0 radical (unpaired) electrons. The first-order valence-corrected chi connectivity index (χ1v) is 7.27. The fourth-order valence-electron chi connectivity index (χ4n) is 2.74. The fraction of sp³-hybridized carbons (Fsp3) is 0.429. The number of pyridine rings is 1. The summed E-state index contributed by atoms with van der Waals surface area (Å²) in [4.78, 5) is 34.3.